The van der Waals surface area contributed by atoms with E-state index < -0.39 is 0 Å². The van der Waals surface area contributed by atoms with Crippen molar-refractivity contribution < 1.29 is 0 Å². The first-order valence-electron chi connectivity index (χ1n) is 6.44. The average Bonchev–Trinajstić information content (AvgIpc) is 2.98. The van der Waals surface area contributed by atoms with Gasteiger partial charge >= 0.3 is 0 Å². The summed E-state index contributed by atoms with van der Waals surface area (Å²) in [5.41, 5.74) is 6.11. The van der Waals surface area contributed by atoms with Crippen molar-refractivity contribution in [3.63, 3.8) is 0 Å². The maximum absolute atomic E-state index is 4.08. The van der Waals surface area contributed by atoms with E-state index in [1.807, 2.05) is 18.3 Å². The van der Waals surface area contributed by atoms with Crippen molar-refractivity contribution in [2.75, 3.05) is 5.32 Å². The van der Waals surface area contributed by atoms with Crippen LogP contribution in [0.5, 0.6) is 0 Å². The second-order valence-electron chi connectivity index (χ2n) is 4.95. The van der Waals surface area contributed by atoms with Crippen LogP contribution >= 0.6 is 0 Å². The van der Waals surface area contributed by atoms with Crippen LogP contribution in [0.4, 0.5) is 5.69 Å². The molecule has 2 aromatic heterocycles. The van der Waals surface area contributed by atoms with Gasteiger partial charge in [0, 0.05) is 36.1 Å². The molecule has 0 amide bonds. The number of aromatic nitrogens is 3. The van der Waals surface area contributed by atoms with Crippen LogP contribution in [0.2, 0.25) is 0 Å². The molecule has 19 heavy (non-hydrogen) atoms. The molecule has 3 rings (SSSR count). The predicted octanol–water partition coefficient (Wildman–Crippen LogP) is 3.13. The first-order chi connectivity index (χ1) is 9.16. The third-order valence-electron chi connectivity index (χ3n) is 3.83. The van der Waals surface area contributed by atoms with E-state index in [4.69, 9.17) is 0 Å². The smallest absolute Gasteiger partial charge is 0.0671 e. The van der Waals surface area contributed by atoms with Crippen LogP contribution in [0.15, 0.2) is 30.5 Å². The van der Waals surface area contributed by atoms with Gasteiger partial charge in [0.25, 0.3) is 0 Å². The average molecular weight is 254 g/mol. The molecule has 0 saturated heterocycles. The van der Waals surface area contributed by atoms with Gasteiger partial charge < -0.3 is 9.88 Å². The molecule has 0 aliphatic heterocycles. The monoisotopic (exact) mass is 254 g/mol. The molecule has 0 aliphatic rings. The molecule has 0 radical (unpaired) electrons. The molecular weight excluding hydrogens is 236 g/mol. The van der Waals surface area contributed by atoms with E-state index >= 15 is 0 Å². The molecule has 0 spiro atoms. The zero-order valence-electron chi connectivity index (χ0n) is 11.5. The lowest BCUT2D eigenvalue weighted by Gasteiger charge is -2.08. The molecule has 0 fully saturated rings. The summed E-state index contributed by atoms with van der Waals surface area (Å²) in [7, 11) is 2.10. The highest BCUT2D eigenvalue weighted by Crippen LogP contribution is 2.22. The van der Waals surface area contributed by atoms with E-state index in [9.17, 15) is 0 Å². The van der Waals surface area contributed by atoms with Crippen molar-refractivity contribution in [3.8, 4) is 0 Å². The van der Waals surface area contributed by atoms with E-state index in [2.05, 4.69) is 53.1 Å². The van der Waals surface area contributed by atoms with Crippen LogP contribution in [0, 0.1) is 13.8 Å². The number of hydrogen-bond acceptors (Lipinski definition) is 2. The summed E-state index contributed by atoms with van der Waals surface area (Å²) in [6.07, 6.45) is 1.86. The zero-order valence-corrected chi connectivity index (χ0v) is 11.5. The second-order valence-corrected chi connectivity index (χ2v) is 4.95. The Morgan fingerprint density at radius 3 is 2.89 bits per heavy atom. The van der Waals surface area contributed by atoms with Gasteiger partial charge in [-0.15, -0.1) is 0 Å². The van der Waals surface area contributed by atoms with Gasteiger partial charge in [-0.2, -0.15) is 5.10 Å². The van der Waals surface area contributed by atoms with Gasteiger partial charge in [-0.3, -0.25) is 5.10 Å². The molecule has 3 aromatic rings. The van der Waals surface area contributed by atoms with Gasteiger partial charge in [0.2, 0.25) is 0 Å². The van der Waals surface area contributed by atoms with Crippen molar-refractivity contribution in [2.24, 2.45) is 7.05 Å². The number of H-pyrrole nitrogens is 1. The van der Waals surface area contributed by atoms with Crippen molar-refractivity contribution in [1.82, 2.24) is 14.8 Å². The molecule has 4 nitrogen and oxygen atoms in total. The van der Waals surface area contributed by atoms with Crippen molar-refractivity contribution in [3.05, 3.63) is 47.4 Å². The molecule has 2 heterocycles. The lowest BCUT2D eigenvalue weighted by Crippen LogP contribution is -2.01. The van der Waals surface area contributed by atoms with Gasteiger partial charge in [-0.25, -0.2) is 0 Å². The highest BCUT2D eigenvalue weighted by atomic mass is 15.1. The number of benzene rings is 1. The predicted molar refractivity (Wildman–Crippen MR) is 78.3 cm³/mol. The Morgan fingerprint density at radius 2 is 2.16 bits per heavy atom. The quantitative estimate of drug-likeness (QED) is 0.754. The topological polar surface area (TPSA) is 45.6 Å². The summed E-state index contributed by atoms with van der Waals surface area (Å²) in [6.45, 7) is 5.12. The lowest BCUT2D eigenvalue weighted by molar-refractivity contribution is 0.837. The summed E-state index contributed by atoms with van der Waals surface area (Å²) >= 11 is 0. The van der Waals surface area contributed by atoms with Crippen molar-refractivity contribution in [2.45, 2.75) is 20.4 Å². The Balaban J connectivity index is 1.86. The van der Waals surface area contributed by atoms with E-state index in [1.54, 1.807) is 0 Å². The summed E-state index contributed by atoms with van der Waals surface area (Å²) in [4.78, 5) is 0. The lowest BCUT2D eigenvalue weighted by atomic mass is 10.2. The molecular formula is C15H18N4. The van der Waals surface area contributed by atoms with Crippen molar-refractivity contribution in [1.29, 1.82) is 0 Å². The molecule has 2 N–H and O–H groups in total. The maximum Gasteiger partial charge on any atom is 0.0671 e. The first kappa shape index (κ1) is 11.8. The van der Waals surface area contributed by atoms with Crippen LogP contribution in [-0.2, 0) is 13.6 Å². The van der Waals surface area contributed by atoms with Crippen LogP contribution < -0.4 is 5.32 Å². The first-order valence-corrected chi connectivity index (χ1v) is 6.44. The minimum absolute atomic E-state index is 0.831. The van der Waals surface area contributed by atoms with Crippen LogP contribution in [0.1, 0.15) is 17.0 Å². The van der Waals surface area contributed by atoms with Crippen LogP contribution in [0.25, 0.3) is 10.9 Å². The summed E-state index contributed by atoms with van der Waals surface area (Å²) in [5, 5.41) is 11.7. The van der Waals surface area contributed by atoms with E-state index in [-0.39, 0.29) is 0 Å². The number of hydrogen-bond donors (Lipinski definition) is 2. The van der Waals surface area contributed by atoms with E-state index in [1.165, 1.54) is 17.0 Å². The van der Waals surface area contributed by atoms with Crippen LogP contribution in [0.3, 0.4) is 0 Å². The minimum Gasteiger partial charge on any atom is -0.380 e. The fourth-order valence-corrected chi connectivity index (χ4v) is 2.43. The number of anilines is 1. The molecule has 0 aliphatic carbocycles. The summed E-state index contributed by atoms with van der Waals surface area (Å²) < 4.78 is 2.22. The van der Waals surface area contributed by atoms with E-state index in [0.717, 1.165) is 23.1 Å². The fraction of sp³-hybridized carbons (Fsp3) is 0.267. The third kappa shape index (κ3) is 1.99. The zero-order chi connectivity index (χ0) is 13.4. The SMILES string of the molecule is Cc1cc(CNc2cccc3[nH]ncc23)c(C)n1C. The Morgan fingerprint density at radius 1 is 1.32 bits per heavy atom. The van der Waals surface area contributed by atoms with Crippen molar-refractivity contribution >= 4 is 16.6 Å². The molecule has 0 atom stereocenters. The minimum atomic E-state index is 0.831. The number of aryl methyl sites for hydroxylation is 1. The van der Waals surface area contributed by atoms with Gasteiger partial charge in [0.15, 0.2) is 0 Å². The van der Waals surface area contributed by atoms with Gasteiger partial charge in [-0.1, -0.05) is 6.07 Å². The van der Waals surface area contributed by atoms with Gasteiger partial charge in [-0.05, 0) is 37.6 Å². The van der Waals surface area contributed by atoms with E-state index in [0.29, 0.717) is 0 Å². The molecule has 98 valence electrons. The Bertz CT molecular complexity index is 721. The number of rotatable bonds is 3. The van der Waals surface area contributed by atoms with Gasteiger partial charge in [0.1, 0.15) is 0 Å². The Kier molecular flexibility index (Phi) is 2.78. The Labute approximate surface area is 112 Å². The highest BCUT2D eigenvalue weighted by molar-refractivity contribution is 5.90. The van der Waals surface area contributed by atoms with Gasteiger partial charge in [0.05, 0.1) is 11.7 Å². The maximum atomic E-state index is 4.08. The number of fused-ring (bicyclic) bond motifs is 1. The number of nitrogens with zero attached hydrogens (tertiary/aromatic N) is 2. The highest BCUT2D eigenvalue weighted by Gasteiger charge is 2.07. The van der Waals surface area contributed by atoms with Crippen LogP contribution in [-0.4, -0.2) is 14.8 Å². The standard InChI is InChI=1S/C15H18N4/c1-10-7-12(11(2)19(10)3)8-16-14-5-4-6-15-13(14)9-17-18-15/h4-7,9,16H,8H2,1-3H3,(H,17,18). The molecule has 4 heteroatoms. The molecule has 0 bridgehead atoms. The number of aromatic amines is 1. The summed E-state index contributed by atoms with van der Waals surface area (Å²) in [5.74, 6) is 0. The largest absolute Gasteiger partial charge is 0.380 e. The molecule has 0 unspecified atom stereocenters. The molecule has 1 aromatic carbocycles. The fourth-order valence-electron chi connectivity index (χ4n) is 2.43. The second kappa shape index (κ2) is 4.46. The Hall–Kier alpha value is -2.23. The normalized spacial score (nSPS) is 11.1. The summed E-state index contributed by atoms with van der Waals surface area (Å²) in [6, 6.07) is 8.39. The molecule has 0 saturated carbocycles. The third-order valence-corrected chi connectivity index (χ3v) is 3.83. The number of nitrogens with one attached hydrogen (secondary N) is 2.